The summed E-state index contributed by atoms with van der Waals surface area (Å²) in [5.41, 5.74) is 0. The van der Waals surface area contributed by atoms with Crippen molar-refractivity contribution in [1.29, 1.82) is 0 Å². The Morgan fingerprint density at radius 3 is 2.72 bits per heavy atom. The second kappa shape index (κ2) is 5.57. The lowest BCUT2D eigenvalue weighted by molar-refractivity contribution is -0.130. The summed E-state index contributed by atoms with van der Waals surface area (Å²) in [6, 6.07) is 4.07. The van der Waals surface area contributed by atoms with Crippen LogP contribution in [0.5, 0.6) is 5.75 Å². The van der Waals surface area contributed by atoms with Crippen molar-refractivity contribution >= 4 is 17.5 Å². The van der Waals surface area contributed by atoms with Gasteiger partial charge in [-0.05, 0) is 12.1 Å². The second-order valence-corrected chi connectivity index (χ2v) is 4.81. The summed E-state index contributed by atoms with van der Waals surface area (Å²) in [5, 5.41) is 0.408. The van der Waals surface area contributed by atoms with E-state index >= 15 is 0 Å². The van der Waals surface area contributed by atoms with Crippen LogP contribution in [0, 0.1) is 5.82 Å². The second-order valence-electron chi connectivity index (χ2n) is 4.40. The van der Waals surface area contributed by atoms with Gasteiger partial charge in [-0.25, -0.2) is 4.39 Å². The maximum Gasteiger partial charge on any atom is 0.219 e. The molecule has 1 saturated heterocycles. The van der Waals surface area contributed by atoms with Gasteiger partial charge in [0.25, 0.3) is 0 Å². The number of likely N-dealkylation sites (tertiary alicyclic amines) is 1. The minimum atomic E-state index is -0.365. The summed E-state index contributed by atoms with van der Waals surface area (Å²) in [4.78, 5) is 13.0. The van der Waals surface area contributed by atoms with Crippen LogP contribution in [0.15, 0.2) is 18.2 Å². The summed E-state index contributed by atoms with van der Waals surface area (Å²) in [7, 11) is 0. The lowest BCUT2D eigenvalue weighted by Gasteiger charge is -2.31. The molecule has 1 heterocycles. The Bertz CT molecular complexity index is 445. The molecule has 3 nitrogen and oxygen atoms in total. The van der Waals surface area contributed by atoms with Gasteiger partial charge in [0.2, 0.25) is 5.91 Å². The maximum absolute atomic E-state index is 13.1. The largest absolute Gasteiger partial charge is 0.489 e. The van der Waals surface area contributed by atoms with Crippen LogP contribution in [-0.2, 0) is 4.79 Å². The molecule has 18 heavy (non-hydrogen) atoms. The predicted octanol–water partition coefficient (Wildman–Crippen LogP) is 2.87. The van der Waals surface area contributed by atoms with Crippen molar-refractivity contribution in [1.82, 2.24) is 4.90 Å². The highest BCUT2D eigenvalue weighted by molar-refractivity contribution is 6.32. The van der Waals surface area contributed by atoms with Gasteiger partial charge in [-0.3, -0.25) is 4.79 Å². The Labute approximate surface area is 110 Å². The monoisotopic (exact) mass is 271 g/mol. The zero-order valence-corrected chi connectivity index (χ0v) is 10.9. The average Bonchev–Trinajstić information content (AvgIpc) is 2.34. The molecular formula is C13H15ClFNO2. The summed E-state index contributed by atoms with van der Waals surface area (Å²) >= 11 is 5.94. The van der Waals surface area contributed by atoms with E-state index in [1.54, 1.807) is 11.8 Å². The fourth-order valence-corrected chi connectivity index (χ4v) is 2.20. The third-order valence-electron chi connectivity index (χ3n) is 3.07. The smallest absolute Gasteiger partial charge is 0.219 e. The molecule has 1 aromatic carbocycles. The van der Waals surface area contributed by atoms with Crippen molar-refractivity contribution in [2.45, 2.75) is 25.9 Å². The number of amides is 1. The Kier molecular flexibility index (Phi) is 4.07. The van der Waals surface area contributed by atoms with E-state index in [0.717, 1.165) is 12.8 Å². The molecule has 0 unspecified atom stereocenters. The van der Waals surface area contributed by atoms with Gasteiger partial charge in [0.05, 0.1) is 5.02 Å². The molecule has 1 aliphatic heterocycles. The molecule has 0 radical (unpaired) electrons. The fraction of sp³-hybridized carbons (Fsp3) is 0.462. The number of halogens is 2. The predicted molar refractivity (Wildman–Crippen MR) is 67.3 cm³/mol. The number of rotatable bonds is 2. The molecule has 0 saturated carbocycles. The van der Waals surface area contributed by atoms with E-state index in [0.29, 0.717) is 23.9 Å². The highest BCUT2D eigenvalue weighted by Crippen LogP contribution is 2.28. The number of hydrogen-bond donors (Lipinski definition) is 0. The third-order valence-corrected chi connectivity index (χ3v) is 3.39. The quantitative estimate of drug-likeness (QED) is 0.828. The number of hydrogen-bond acceptors (Lipinski definition) is 2. The zero-order chi connectivity index (χ0) is 13.1. The topological polar surface area (TPSA) is 29.5 Å². The van der Waals surface area contributed by atoms with Crippen LogP contribution in [0.3, 0.4) is 0 Å². The minimum absolute atomic E-state index is 0.0140. The van der Waals surface area contributed by atoms with Crippen LogP contribution < -0.4 is 4.74 Å². The Balaban J connectivity index is 1.95. The van der Waals surface area contributed by atoms with E-state index in [4.69, 9.17) is 16.3 Å². The molecule has 0 atom stereocenters. The van der Waals surface area contributed by atoms with Crippen molar-refractivity contribution in [2.24, 2.45) is 0 Å². The van der Waals surface area contributed by atoms with E-state index in [1.807, 2.05) is 0 Å². The third kappa shape index (κ3) is 3.13. The zero-order valence-electron chi connectivity index (χ0n) is 10.2. The lowest BCUT2D eigenvalue weighted by Crippen LogP contribution is -2.40. The number of benzene rings is 1. The normalized spacial score (nSPS) is 16.7. The number of carbonyl (C=O) groups excluding carboxylic acids is 1. The molecular weight excluding hydrogens is 257 g/mol. The molecule has 1 aromatic rings. The molecule has 1 fully saturated rings. The molecule has 1 aliphatic rings. The highest BCUT2D eigenvalue weighted by Gasteiger charge is 2.22. The molecule has 0 aromatic heterocycles. The van der Waals surface area contributed by atoms with E-state index in [2.05, 4.69) is 0 Å². The van der Waals surface area contributed by atoms with Crippen LogP contribution >= 0.6 is 11.6 Å². The van der Waals surface area contributed by atoms with Gasteiger partial charge in [0.15, 0.2) is 0 Å². The average molecular weight is 272 g/mol. The van der Waals surface area contributed by atoms with Gasteiger partial charge in [-0.2, -0.15) is 0 Å². The van der Waals surface area contributed by atoms with Gasteiger partial charge in [-0.1, -0.05) is 11.6 Å². The Hall–Kier alpha value is -1.29. The first-order valence-electron chi connectivity index (χ1n) is 5.93. The van der Waals surface area contributed by atoms with Crippen LogP contribution in [0.2, 0.25) is 5.02 Å². The first-order chi connectivity index (χ1) is 8.56. The van der Waals surface area contributed by atoms with Gasteiger partial charge in [0.1, 0.15) is 17.7 Å². The van der Waals surface area contributed by atoms with Crippen molar-refractivity contribution in [3.63, 3.8) is 0 Å². The summed E-state index contributed by atoms with van der Waals surface area (Å²) < 4.78 is 18.8. The lowest BCUT2D eigenvalue weighted by atomic mass is 10.1. The SMILES string of the molecule is CC(=O)N1CCC(Oc2cc(F)ccc2Cl)CC1. The molecule has 0 spiro atoms. The van der Waals surface area contributed by atoms with Gasteiger partial charge in [0, 0.05) is 38.9 Å². The molecule has 0 aliphatic carbocycles. The summed E-state index contributed by atoms with van der Waals surface area (Å²) in [5.74, 6) is 0.0887. The van der Waals surface area contributed by atoms with Gasteiger partial charge < -0.3 is 9.64 Å². The van der Waals surface area contributed by atoms with Crippen LogP contribution in [0.4, 0.5) is 4.39 Å². The van der Waals surface area contributed by atoms with Crippen LogP contribution in [0.25, 0.3) is 0 Å². The molecule has 0 bridgehead atoms. The van der Waals surface area contributed by atoms with Crippen molar-refractivity contribution in [3.05, 3.63) is 29.0 Å². The van der Waals surface area contributed by atoms with Gasteiger partial charge >= 0.3 is 0 Å². The summed E-state index contributed by atoms with van der Waals surface area (Å²) in [6.45, 7) is 2.91. The maximum atomic E-state index is 13.1. The number of nitrogens with zero attached hydrogens (tertiary/aromatic N) is 1. The molecule has 1 amide bonds. The number of carbonyl (C=O) groups is 1. The van der Waals surface area contributed by atoms with Crippen LogP contribution in [0.1, 0.15) is 19.8 Å². The van der Waals surface area contributed by atoms with Crippen molar-refractivity contribution in [2.75, 3.05) is 13.1 Å². The molecule has 2 rings (SSSR count). The molecule has 98 valence electrons. The van der Waals surface area contributed by atoms with E-state index in [9.17, 15) is 9.18 Å². The van der Waals surface area contributed by atoms with Crippen molar-refractivity contribution in [3.8, 4) is 5.75 Å². The fourth-order valence-electron chi connectivity index (χ4n) is 2.04. The molecule has 0 N–H and O–H groups in total. The van der Waals surface area contributed by atoms with E-state index in [-0.39, 0.29) is 17.8 Å². The standard InChI is InChI=1S/C13H15ClFNO2/c1-9(17)16-6-4-11(5-7-16)18-13-8-10(15)2-3-12(13)14/h2-3,8,11H,4-7H2,1H3. The first-order valence-corrected chi connectivity index (χ1v) is 6.31. The highest BCUT2D eigenvalue weighted by atomic mass is 35.5. The minimum Gasteiger partial charge on any atom is -0.489 e. The Morgan fingerprint density at radius 2 is 2.11 bits per heavy atom. The summed E-state index contributed by atoms with van der Waals surface area (Å²) in [6.07, 6.45) is 1.47. The van der Waals surface area contributed by atoms with Crippen molar-refractivity contribution < 1.29 is 13.9 Å². The van der Waals surface area contributed by atoms with Crippen LogP contribution in [-0.4, -0.2) is 30.0 Å². The number of ether oxygens (including phenoxy) is 1. The van der Waals surface area contributed by atoms with Gasteiger partial charge in [-0.15, -0.1) is 0 Å². The molecule has 5 heteroatoms. The Morgan fingerprint density at radius 1 is 1.44 bits per heavy atom. The van der Waals surface area contributed by atoms with E-state index in [1.165, 1.54) is 18.2 Å². The first kappa shape index (κ1) is 13.1. The van der Waals surface area contributed by atoms with E-state index < -0.39 is 0 Å². The number of piperidine rings is 1.